The van der Waals surface area contributed by atoms with Crippen LogP contribution in [0.5, 0.6) is 0 Å². The molecule has 0 unspecified atom stereocenters. The number of hydrogen-bond acceptors (Lipinski definition) is 4. The Morgan fingerprint density at radius 2 is 2.05 bits per heavy atom. The van der Waals surface area contributed by atoms with E-state index in [1.165, 1.54) is 19.3 Å². The maximum absolute atomic E-state index is 11.9. The number of hydrogen-bond donors (Lipinski definition) is 1. The van der Waals surface area contributed by atoms with Crippen LogP contribution in [0.1, 0.15) is 43.5 Å². The molecule has 3 rings (SSSR count). The van der Waals surface area contributed by atoms with E-state index in [0.717, 1.165) is 43.3 Å². The average molecular weight is 274 g/mol. The molecule has 0 aromatic carbocycles. The first-order valence-corrected chi connectivity index (χ1v) is 7.59. The molecule has 0 radical (unpaired) electrons. The summed E-state index contributed by atoms with van der Waals surface area (Å²) in [6, 6.07) is 1.96. The molecule has 2 fully saturated rings. The first kappa shape index (κ1) is 13.3. The SMILES string of the molecule is Cc1cc(CNC(=O)C2CCC2)nc(N2CCCC2)n1. The van der Waals surface area contributed by atoms with Crippen LogP contribution in [-0.4, -0.2) is 29.0 Å². The second kappa shape index (κ2) is 5.77. The van der Waals surface area contributed by atoms with Gasteiger partial charge in [0.15, 0.2) is 0 Å². The first-order valence-electron chi connectivity index (χ1n) is 7.59. The van der Waals surface area contributed by atoms with Gasteiger partial charge in [-0.15, -0.1) is 0 Å². The minimum Gasteiger partial charge on any atom is -0.350 e. The zero-order valence-corrected chi connectivity index (χ0v) is 12.1. The highest BCUT2D eigenvalue weighted by Crippen LogP contribution is 2.26. The lowest BCUT2D eigenvalue weighted by Crippen LogP contribution is -2.34. The van der Waals surface area contributed by atoms with Crippen LogP contribution in [0.4, 0.5) is 5.95 Å². The molecule has 5 heteroatoms. The molecule has 0 atom stereocenters. The number of rotatable bonds is 4. The Balaban J connectivity index is 1.64. The Labute approximate surface area is 119 Å². The van der Waals surface area contributed by atoms with Crippen LogP contribution in [0.15, 0.2) is 6.07 Å². The fourth-order valence-electron chi connectivity index (χ4n) is 2.76. The van der Waals surface area contributed by atoms with Crippen LogP contribution in [-0.2, 0) is 11.3 Å². The summed E-state index contributed by atoms with van der Waals surface area (Å²) in [6.45, 7) is 4.58. The molecule has 1 amide bonds. The van der Waals surface area contributed by atoms with Crippen LogP contribution in [0.2, 0.25) is 0 Å². The number of aromatic nitrogens is 2. The monoisotopic (exact) mass is 274 g/mol. The van der Waals surface area contributed by atoms with Gasteiger partial charge >= 0.3 is 0 Å². The summed E-state index contributed by atoms with van der Waals surface area (Å²) in [7, 11) is 0. The highest BCUT2D eigenvalue weighted by molar-refractivity contribution is 5.79. The Bertz CT molecular complexity index is 493. The lowest BCUT2D eigenvalue weighted by atomic mass is 9.85. The Morgan fingerprint density at radius 1 is 1.30 bits per heavy atom. The molecule has 2 aliphatic rings. The van der Waals surface area contributed by atoms with Crippen molar-refractivity contribution in [3.8, 4) is 0 Å². The van der Waals surface area contributed by atoms with Gasteiger partial charge in [0.2, 0.25) is 11.9 Å². The van der Waals surface area contributed by atoms with Crippen molar-refractivity contribution in [1.82, 2.24) is 15.3 Å². The molecule has 20 heavy (non-hydrogen) atoms. The van der Waals surface area contributed by atoms with E-state index >= 15 is 0 Å². The first-order chi connectivity index (χ1) is 9.72. The third-order valence-electron chi connectivity index (χ3n) is 4.20. The summed E-state index contributed by atoms with van der Waals surface area (Å²) in [5, 5.41) is 3.00. The van der Waals surface area contributed by atoms with E-state index in [-0.39, 0.29) is 11.8 Å². The van der Waals surface area contributed by atoms with E-state index in [1.54, 1.807) is 0 Å². The third kappa shape index (κ3) is 2.92. The highest BCUT2D eigenvalue weighted by Gasteiger charge is 2.25. The number of carbonyl (C=O) groups excluding carboxylic acids is 1. The molecule has 1 saturated carbocycles. The normalized spacial score (nSPS) is 18.9. The number of carbonyl (C=O) groups is 1. The fraction of sp³-hybridized carbons (Fsp3) is 0.667. The van der Waals surface area contributed by atoms with Gasteiger partial charge in [-0.1, -0.05) is 6.42 Å². The number of nitrogens with zero attached hydrogens (tertiary/aromatic N) is 3. The van der Waals surface area contributed by atoms with E-state index in [2.05, 4.69) is 20.2 Å². The van der Waals surface area contributed by atoms with Gasteiger partial charge < -0.3 is 10.2 Å². The summed E-state index contributed by atoms with van der Waals surface area (Å²) in [5.41, 5.74) is 1.88. The molecular formula is C15H22N4O. The van der Waals surface area contributed by atoms with Crippen molar-refractivity contribution >= 4 is 11.9 Å². The molecule has 2 heterocycles. The van der Waals surface area contributed by atoms with E-state index in [9.17, 15) is 4.79 Å². The van der Waals surface area contributed by atoms with Gasteiger partial charge in [-0.25, -0.2) is 9.97 Å². The minimum absolute atomic E-state index is 0.176. The largest absolute Gasteiger partial charge is 0.350 e. The van der Waals surface area contributed by atoms with Crippen LogP contribution in [0, 0.1) is 12.8 Å². The van der Waals surface area contributed by atoms with Gasteiger partial charge in [0.25, 0.3) is 0 Å². The Kier molecular flexibility index (Phi) is 3.85. The van der Waals surface area contributed by atoms with Crippen molar-refractivity contribution in [3.63, 3.8) is 0 Å². The lowest BCUT2D eigenvalue weighted by molar-refractivity contribution is -0.127. The zero-order valence-electron chi connectivity index (χ0n) is 12.1. The standard InChI is InChI=1S/C15H22N4O/c1-11-9-13(10-16-14(20)12-5-4-6-12)18-15(17-11)19-7-2-3-8-19/h9,12H,2-8,10H2,1H3,(H,16,20). The summed E-state index contributed by atoms with van der Waals surface area (Å²) >= 11 is 0. The quantitative estimate of drug-likeness (QED) is 0.909. The van der Waals surface area contributed by atoms with Gasteiger partial charge in [-0.2, -0.15) is 0 Å². The van der Waals surface area contributed by atoms with Crippen molar-refractivity contribution in [1.29, 1.82) is 0 Å². The van der Waals surface area contributed by atoms with Gasteiger partial charge in [-0.3, -0.25) is 4.79 Å². The van der Waals surface area contributed by atoms with Crippen LogP contribution >= 0.6 is 0 Å². The van der Waals surface area contributed by atoms with Gasteiger partial charge in [0, 0.05) is 24.7 Å². The predicted octanol–water partition coefficient (Wildman–Crippen LogP) is 1.80. The van der Waals surface area contributed by atoms with Gasteiger partial charge in [-0.05, 0) is 38.7 Å². The summed E-state index contributed by atoms with van der Waals surface area (Å²) in [4.78, 5) is 23.2. The van der Waals surface area contributed by atoms with Gasteiger partial charge in [0.05, 0.1) is 12.2 Å². The zero-order chi connectivity index (χ0) is 13.9. The van der Waals surface area contributed by atoms with Crippen molar-refractivity contribution in [2.75, 3.05) is 18.0 Å². The molecular weight excluding hydrogens is 252 g/mol. The number of anilines is 1. The second-order valence-electron chi connectivity index (χ2n) is 5.84. The van der Waals surface area contributed by atoms with E-state index in [4.69, 9.17) is 0 Å². The van der Waals surface area contributed by atoms with E-state index < -0.39 is 0 Å². The number of amides is 1. The van der Waals surface area contributed by atoms with E-state index in [0.29, 0.717) is 6.54 Å². The summed E-state index contributed by atoms with van der Waals surface area (Å²) < 4.78 is 0. The second-order valence-corrected chi connectivity index (χ2v) is 5.84. The Morgan fingerprint density at radius 3 is 2.70 bits per heavy atom. The fourth-order valence-corrected chi connectivity index (χ4v) is 2.76. The molecule has 0 bridgehead atoms. The van der Waals surface area contributed by atoms with Crippen LogP contribution in [0.3, 0.4) is 0 Å². The Hall–Kier alpha value is -1.65. The number of nitrogens with one attached hydrogen (secondary N) is 1. The van der Waals surface area contributed by atoms with E-state index in [1.807, 2.05) is 13.0 Å². The smallest absolute Gasteiger partial charge is 0.225 e. The molecule has 1 aliphatic heterocycles. The topological polar surface area (TPSA) is 58.1 Å². The molecule has 108 valence electrons. The average Bonchev–Trinajstić information content (AvgIpc) is 2.87. The summed E-state index contributed by atoms with van der Waals surface area (Å²) in [5.74, 6) is 1.22. The van der Waals surface area contributed by atoms with Crippen molar-refractivity contribution in [2.45, 2.75) is 45.6 Å². The predicted molar refractivity (Wildman–Crippen MR) is 77.4 cm³/mol. The van der Waals surface area contributed by atoms with Crippen molar-refractivity contribution in [3.05, 3.63) is 17.5 Å². The van der Waals surface area contributed by atoms with Crippen molar-refractivity contribution < 1.29 is 4.79 Å². The van der Waals surface area contributed by atoms with Crippen molar-refractivity contribution in [2.24, 2.45) is 5.92 Å². The maximum atomic E-state index is 11.9. The third-order valence-corrected chi connectivity index (χ3v) is 4.20. The van der Waals surface area contributed by atoms with Crippen LogP contribution in [0.25, 0.3) is 0 Å². The summed E-state index contributed by atoms with van der Waals surface area (Å²) in [6.07, 6.45) is 5.68. The lowest BCUT2D eigenvalue weighted by Gasteiger charge is -2.24. The maximum Gasteiger partial charge on any atom is 0.225 e. The molecule has 0 spiro atoms. The molecule has 1 saturated heterocycles. The molecule has 5 nitrogen and oxygen atoms in total. The van der Waals surface area contributed by atoms with Crippen LogP contribution < -0.4 is 10.2 Å². The highest BCUT2D eigenvalue weighted by atomic mass is 16.1. The minimum atomic E-state index is 0.176. The molecule has 1 aliphatic carbocycles. The van der Waals surface area contributed by atoms with Gasteiger partial charge in [0.1, 0.15) is 0 Å². The molecule has 1 aromatic heterocycles. The molecule has 1 aromatic rings. The number of aryl methyl sites for hydroxylation is 1. The molecule has 1 N–H and O–H groups in total.